The smallest absolute Gasteiger partial charge is 0.250 e. The zero-order chi connectivity index (χ0) is 22.0. The van der Waals surface area contributed by atoms with Crippen molar-refractivity contribution in [1.82, 2.24) is 15.0 Å². The average Bonchev–Trinajstić information content (AvgIpc) is 2.81. The first-order chi connectivity index (χ1) is 15.7. The molecule has 0 bridgehead atoms. The highest BCUT2D eigenvalue weighted by Gasteiger charge is 2.07. The van der Waals surface area contributed by atoms with Gasteiger partial charge in [0.25, 0.3) is 0 Å². The van der Waals surface area contributed by atoms with Crippen LogP contribution in [0.2, 0.25) is 0 Å². The van der Waals surface area contributed by atoms with E-state index in [1.165, 1.54) is 0 Å². The molecule has 0 amide bonds. The van der Waals surface area contributed by atoms with Gasteiger partial charge in [0.1, 0.15) is 0 Å². The number of hydrogen-bond donors (Lipinski definition) is 3. The molecule has 0 spiro atoms. The van der Waals surface area contributed by atoms with Gasteiger partial charge in [-0.25, -0.2) is 5.43 Å². The third kappa shape index (κ3) is 6.24. The summed E-state index contributed by atoms with van der Waals surface area (Å²) in [5.74, 6) is 1.12. The van der Waals surface area contributed by atoms with Crippen LogP contribution < -0.4 is 16.1 Å². The molecule has 7 nitrogen and oxygen atoms in total. The molecular weight excluding hydrogens is 398 g/mol. The Morgan fingerprint density at radius 3 is 1.66 bits per heavy atom. The molecule has 0 unspecified atom stereocenters. The SMILES string of the molecule is CC(/C=N\Nc1nc(Nc2ccccc2)nc(Nc2ccccc2)n1)=C\c1ccccc1. The number of rotatable bonds is 8. The van der Waals surface area contributed by atoms with Crippen molar-refractivity contribution >= 4 is 41.5 Å². The molecule has 32 heavy (non-hydrogen) atoms. The highest BCUT2D eigenvalue weighted by atomic mass is 15.4. The van der Waals surface area contributed by atoms with Gasteiger partial charge in [-0.05, 0) is 42.3 Å². The molecule has 0 aliphatic carbocycles. The quantitative estimate of drug-likeness (QED) is 0.244. The molecule has 0 aliphatic rings. The van der Waals surface area contributed by atoms with Gasteiger partial charge in [-0.3, -0.25) is 0 Å². The fraction of sp³-hybridized carbons (Fsp3) is 0.0400. The zero-order valence-electron chi connectivity index (χ0n) is 17.6. The van der Waals surface area contributed by atoms with Gasteiger partial charge in [0.05, 0.1) is 6.21 Å². The number of nitrogens with zero attached hydrogens (tertiary/aromatic N) is 4. The second-order valence-electron chi connectivity index (χ2n) is 6.96. The molecule has 3 aromatic carbocycles. The Labute approximate surface area is 187 Å². The molecule has 7 heteroatoms. The van der Waals surface area contributed by atoms with Crippen LogP contribution in [0, 0.1) is 0 Å². The summed E-state index contributed by atoms with van der Waals surface area (Å²) >= 11 is 0. The first kappa shape index (κ1) is 20.7. The Balaban J connectivity index is 1.53. The van der Waals surface area contributed by atoms with Crippen LogP contribution in [-0.2, 0) is 0 Å². The van der Waals surface area contributed by atoms with Crippen LogP contribution in [0.5, 0.6) is 0 Å². The van der Waals surface area contributed by atoms with E-state index in [-0.39, 0.29) is 0 Å². The van der Waals surface area contributed by atoms with Gasteiger partial charge in [0.15, 0.2) is 0 Å². The molecule has 3 N–H and O–H groups in total. The zero-order valence-corrected chi connectivity index (χ0v) is 17.6. The third-order valence-electron chi connectivity index (χ3n) is 4.32. The van der Waals surface area contributed by atoms with Crippen molar-refractivity contribution in [1.29, 1.82) is 0 Å². The Kier molecular flexibility index (Phi) is 6.80. The number of para-hydroxylation sites is 2. The predicted molar refractivity (Wildman–Crippen MR) is 131 cm³/mol. The fourth-order valence-corrected chi connectivity index (χ4v) is 2.88. The van der Waals surface area contributed by atoms with Gasteiger partial charge in [-0.2, -0.15) is 20.1 Å². The number of nitrogens with one attached hydrogen (secondary N) is 3. The van der Waals surface area contributed by atoms with Crippen molar-refractivity contribution in [3.8, 4) is 0 Å². The summed E-state index contributed by atoms with van der Waals surface area (Å²) in [7, 11) is 0. The Morgan fingerprint density at radius 2 is 1.12 bits per heavy atom. The first-order valence-electron chi connectivity index (χ1n) is 10.2. The average molecular weight is 422 g/mol. The second kappa shape index (κ2) is 10.5. The minimum Gasteiger partial charge on any atom is -0.324 e. The largest absolute Gasteiger partial charge is 0.324 e. The molecule has 0 saturated carbocycles. The monoisotopic (exact) mass is 421 g/mol. The molecule has 1 heterocycles. The van der Waals surface area contributed by atoms with E-state index >= 15 is 0 Å². The van der Waals surface area contributed by atoms with Gasteiger partial charge in [-0.15, -0.1) is 0 Å². The molecule has 158 valence electrons. The maximum Gasteiger partial charge on any atom is 0.250 e. The van der Waals surface area contributed by atoms with E-state index in [2.05, 4.69) is 36.1 Å². The van der Waals surface area contributed by atoms with Crippen LogP contribution in [0.15, 0.2) is 102 Å². The van der Waals surface area contributed by atoms with Crippen LogP contribution >= 0.6 is 0 Å². The molecule has 1 aromatic heterocycles. The summed E-state index contributed by atoms with van der Waals surface area (Å²) in [6, 6.07) is 29.5. The summed E-state index contributed by atoms with van der Waals surface area (Å²) < 4.78 is 0. The van der Waals surface area contributed by atoms with E-state index in [1.807, 2.05) is 104 Å². The lowest BCUT2D eigenvalue weighted by atomic mass is 10.1. The molecule has 4 aromatic rings. The fourth-order valence-electron chi connectivity index (χ4n) is 2.88. The first-order valence-corrected chi connectivity index (χ1v) is 10.2. The maximum absolute atomic E-state index is 4.48. The lowest BCUT2D eigenvalue weighted by Gasteiger charge is -2.10. The second-order valence-corrected chi connectivity index (χ2v) is 6.96. The number of hydrogen-bond acceptors (Lipinski definition) is 7. The summed E-state index contributed by atoms with van der Waals surface area (Å²) in [5, 5.41) is 10.7. The van der Waals surface area contributed by atoms with Crippen LogP contribution in [0.4, 0.5) is 29.2 Å². The minimum atomic E-state index is 0.320. The summed E-state index contributed by atoms with van der Waals surface area (Å²) in [4.78, 5) is 13.3. The van der Waals surface area contributed by atoms with Crippen molar-refractivity contribution in [2.45, 2.75) is 6.92 Å². The van der Waals surface area contributed by atoms with Crippen LogP contribution in [0.25, 0.3) is 6.08 Å². The summed E-state index contributed by atoms with van der Waals surface area (Å²) in [5.41, 5.74) is 6.75. The topological polar surface area (TPSA) is 87.1 Å². The normalized spacial score (nSPS) is 11.3. The molecule has 0 atom stereocenters. The van der Waals surface area contributed by atoms with E-state index in [1.54, 1.807) is 6.21 Å². The van der Waals surface area contributed by atoms with Crippen molar-refractivity contribution in [3.05, 3.63) is 102 Å². The number of benzene rings is 3. The van der Waals surface area contributed by atoms with E-state index in [0.717, 1.165) is 22.5 Å². The van der Waals surface area contributed by atoms with E-state index in [9.17, 15) is 0 Å². The Hall–Kier alpha value is -4.52. The number of allylic oxidation sites excluding steroid dienone is 1. The molecular formula is C25H23N7. The van der Waals surface area contributed by atoms with Crippen molar-refractivity contribution < 1.29 is 0 Å². The lowest BCUT2D eigenvalue weighted by Crippen LogP contribution is -2.07. The van der Waals surface area contributed by atoms with Gasteiger partial charge in [0, 0.05) is 11.4 Å². The molecule has 0 fully saturated rings. The predicted octanol–water partition coefficient (Wildman–Crippen LogP) is 5.86. The molecule has 0 saturated heterocycles. The Morgan fingerprint density at radius 1 is 0.656 bits per heavy atom. The summed E-state index contributed by atoms with van der Waals surface area (Å²) in [6.07, 6.45) is 3.77. The van der Waals surface area contributed by atoms with E-state index < -0.39 is 0 Å². The van der Waals surface area contributed by atoms with Gasteiger partial charge in [0.2, 0.25) is 17.8 Å². The van der Waals surface area contributed by atoms with Crippen molar-refractivity contribution in [2.75, 3.05) is 16.1 Å². The third-order valence-corrected chi connectivity index (χ3v) is 4.32. The number of aromatic nitrogens is 3. The standard InChI is InChI=1S/C25H23N7/c1-19(17-20-11-5-2-6-12-20)18-26-32-25-30-23(27-21-13-7-3-8-14-21)29-24(31-25)28-22-15-9-4-10-16-22/h2-18H,1H3,(H3,27,28,29,30,31,32)/b19-17+,26-18-. The van der Waals surface area contributed by atoms with Gasteiger partial charge in [-0.1, -0.05) is 72.8 Å². The minimum absolute atomic E-state index is 0.320. The van der Waals surface area contributed by atoms with Crippen LogP contribution in [0.1, 0.15) is 12.5 Å². The molecule has 0 radical (unpaired) electrons. The highest BCUT2D eigenvalue weighted by molar-refractivity contribution is 5.85. The van der Waals surface area contributed by atoms with E-state index in [4.69, 9.17) is 0 Å². The lowest BCUT2D eigenvalue weighted by molar-refractivity contribution is 1.04. The van der Waals surface area contributed by atoms with Crippen molar-refractivity contribution in [2.24, 2.45) is 5.10 Å². The maximum atomic E-state index is 4.48. The van der Waals surface area contributed by atoms with E-state index in [0.29, 0.717) is 17.8 Å². The number of anilines is 5. The number of hydrazone groups is 1. The van der Waals surface area contributed by atoms with Gasteiger partial charge < -0.3 is 10.6 Å². The molecule has 4 rings (SSSR count). The summed E-state index contributed by atoms with van der Waals surface area (Å²) in [6.45, 7) is 1.98. The van der Waals surface area contributed by atoms with Gasteiger partial charge >= 0.3 is 0 Å². The van der Waals surface area contributed by atoms with Crippen LogP contribution in [0.3, 0.4) is 0 Å². The van der Waals surface area contributed by atoms with Crippen molar-refractivity contribution in [3.63, 3.8) is 0 Å². The van der Waals surface area contributed by atoms with Crippen LogP contribution in [-0.4, -0.2) is 21.2 Å². The molecule has 0 aliphatic heterocycles. The highest BCUT2D eigenvalue weighted by Crippen LogP contribution is 2.18. The Bertz CT molecular complexity index is 1130.